The van der Waals surface area contributed by atoms with Gasteiger partial charge in [0.2, 0.25) is 0 Å². The van der Waals surface area contributed by atoms with E-state index in [1.807, 2.05) is 11.4 Å². The van der Waals surface area contributed by atoms with E-state index in [2.05, 4.69) is 35.1 Å². The topological polar surface area (TPSA) is 32.3 Å². The van der Waals surface area contributed by atoms with Crippen LogP contribution in [0.5, 0.6) is 0 Å². The molecule has 1 heterocycles. The molecule has 1 aromatic rings. The highest BCUT2D eigenvalue weighted by Crippen LogP contribution is 2.28. The predicted octanol–water partition coefficient (Wildman–Crippen LogP) is 2.79. The number of halogens is 1. The number of aliphatic hydroxyl groups is 1. The molecular weight excluding hydrogens is 262 g/mol. The van der Waals surface area contributed by atoms with Gasteiger partial charge in [-0.15, -0.1) is 11.3 Å². The first-order chi connectivity index (χ1) is 6.61. The standard InChI is InChI=1S/C10H16BrNOS/c1-7(2)5-12-6-9(13)10-8(11)3-4-14-10/h3-4,7,9,12-13H,5-6H2,1-2H3. The number of hydrogen-bond donors (Lipinski definition) is 2. The van der Waals surface area contributed by atoms with Gasteiger partial charge in [-0.3, -0.25) is 0 Å². The maximum Gasteiger partial charge on any atom is 0.102 e. The molecule has 1 atom stereocenters. The fourth-order valence-electron chi connectivity index (χ4n) is 1.14. The van der Waals surface area contributed by atoms with Gasteiger partial charge in [-0.1, -0.05) is 13.8 Å². The monoisotopic (exact) mass is 277 g/mol. The summed E-state index contributed by atoms with van der Waals surface area (Å²) in [4.78, 5) is 1.00. The van der Waals surface area contributed by atoms with Crippen molar-refractivity contribution in [1.82, 2.24) is 5.32 Å². The number of nitrogens with one attached hydrogen (secondary N) is 1. The second-order valence-electron chi connectivity index (χ2n) is 3.70. The van der Waals surface area contributed by atoms with Crippen molar-refractivity contribution in [1.29, 1.82) is 0 Å². The normalized spacial score (nSPS) is 13.5. The molecule has 0 radical (unpaired) electrons. The zero-order valence-corrected chi connectivity index (χ0v) is 10.9. The van der Waals surface area contributed by atoms with Crippen molar-refractivity contribution in [2.24, 2.45) is 5.92 Å². The summed E-state index contributed by atoms with van der Waals surface area (Å²) in [6.07, 6.45) is -0.400. The van der Waals surface area contributed by atoms with E-state index in [-0.39, 0.29) is 0 Å². The summed E-state index contributed by atoms with van der Waals surface area (Å²) >= 11 is 4.99. The van der Waals surface area contributed by atoms with Crippen LogP contribution in [0.25, 0.3) is 0 Å². The Balaban J connectivity index is 2.36. The highest BCUT2D eigenvalue weighted by molar-refractivity contribution is 9.10. The van der Waals surface area contributed by atoms with Crippen LogP contribution in [0, 0.1) is 5.92 Å². The van der Waals surface area contributed by atoms with E-state index >= 15 is 0 Å². The zero-order chi connectivity index (χ0) is 10.6. The van der Waals surface area contributed by atoms with Gasteiger partial charge < -0.3 is 10.4 Å². The van der Waals surface area contributed by atoms with Crippen molar-refractivity contribution in [3.8, 4) is 0 Å². The number of hydrogen-bond acceptors (Lipinski definition) is 3. The van der Waals surface area contributed by atoms with Gasteiger partial charge in [0, 0.05) is 15.9 Å². The molecular formula is C10H16BrNOS. The first kappa shape index (κ1) is 12.2. The molecule has 0 amide bonds. The summed E-state index contributed by atoms with van der Waals surface area (Å²) in [5, 5.41) is 15.0. The van der Waals surface area contributed by atoms with E-state index in [1.54, 1.807) is 11.3 Å². The van der Waals surface area contributed by atoms with Gasteiger partial charge in [0.15, 0.2) is 0 Å². The summed E-state index contributed by atoms with van der Waals surface area (Å²) in [5.74, 6) is 0.619. The molecule has 80 valence electrons. The van der Waals surface area contributed by atoms with Crippen LogP contribution in [0.3, 0.4) is 0 Å². The predicted molar refractivity (Wildman–Crippen MR) is 64.7 cm³/mol. The molecule has 0 aromatic carbocycles. The van der Waals surface area contributed by atoms with Gasteiger partial charge in [0.1, 0.15) is 6.10 Å². The van der Waals surface area contributed by atoms with E-state index in [0.29, 0.717) is 12.5 Å². The molecule has 1 aromatic heterocycles. The molecule has 0 aliphatic carbocycles. The lowest BCUT2D eigenvalue weighted by atomic mass is 10.2. The van der Waals surface area contributed by atoms with Crippen molar-refractivity contribution in [2.45, 2.75) is 20.0 Å². The summed E-state index contributed by atoms with van der Waals surface area (Å²) in [7, 11) is 0. The molecule has 0 spiro atoms. The van der Waals surface area contributed by atoms with Crippen LogP contribution in [0.2, 0.25) is 0 Å². The van der Waals surface area contributed by atoms with Crippen LogP contribution in [0.15, 0.2) is 15.9 Å². The van der Waals surface area contributed by atoms with E-state index in [0.717, 1.165) is 15.9 Å². The van der Waals surface area contributed by atoms with Crippen molar-refractivity contribution < 1.29 is 5.11 Å². The highest BCUT2D eigenvalue weighted by Gasteiger charge is 2.11. The Bertz CT molecular complexity index is 275. The van der Waals surface area contributed by atoms with Gasteiger partial charge in [-0.25, -0.2) is 0 Å². The Morgan fingerprint density at radius 3 is 2.71 bits per heavy atom. The quantitative estimate of drug-likeness (QED) is 0.868. The molecule has 4 heteroatoms. The third-order valence-electron chi connectivity index (χ3n) is 1.84. The molecule has 2 nitrogen and oxygen atoms in total. The number of aliphatic hydroxyl groups excluding tert-OH is 1. The van der Waals surface area contributed by atoms with Crippen molar-refractivity contribution >= 4 is 27.3 Å². The van der Waals surface area contributed by atoms with Gasteiger partial charge >= 0.3 is 0 Å². The van der Waals surface area contributed by atoms with Crippen LogP contribution in [0.1, 0.15) is 24.8 Å². The van der Waals surface area contributed by atoms with E-state index in [4.69, 9.17) is 0 Å². The largest absolute Gasteiger partial charge is 0.386 e. The molecule has 1 unspecified atom stereocenters. The van der Waals surface area contributed by atoms with E-state index < -0.39 is 6.10 Å². The molecule has 0 aliphatic heterocycles. The average molecular weight is 278 g/mol. The number of thiophene rings is 1. The second-order valence-corrected chi connectivity index (χ2v) is 5.50. The third kappa shape index (κ3) is 3.69. The fourth-order valence-corrected chi connectivity index (χ4v) is 2.77. The van der Waals surface area contributed by atoms with E-state index in [9.17, 15) is 5.11 Å². The van der Waals surface area contributed by atoms with Crippen LogP contribution >= 0.6 is 27.3 Å². The molecule has 0 aliphatic rings. The summed E-state index contributed by atoms with van der Waals surface area (Å²) in [5.41, 5.74) is 0. The summed E-state index contributed by atoms with van der Waals surface area (Å²) < 4.78 is 1.00. The summed E-state index contributed by atoms with van der Waals surface area (Å²) in [6, 6.07) is 1.96. The minimum Gasteiger partial charge on any atom is -0.386 e. The van der Waals surface area contributed by atoms with Gasteiger partial charge in [0.25, 0.3) is 0 Å². The van der Waals surface area contributed by atoms with Crippen molar-refractivity contribution in [3.63, 3.8) is 0 Å². The lowest BCUT2D eigenvalue weighted by molar-refractivity contribution is 0.176. The van der Waals surface area contributed by atoms with Gasteiger partial charge in [-0.05, 0) is 39.8 Å². The molecule has 0 saturated heterocycles. The Labute approximate surface area is 97.5 Å². The fraction of sp³-hybridized carbons (Fsp3) is 0.600. The Morgan fingerprint density at radius 1 is 1.50 bits per heavy atom. The van der Waals surface area contributed by atoms with Crippen LogP contribution in [0.4, 0.5) is 0 Å². The molecule has 0 fully saturated rings. The second kappa shape index (κ2) is 5.85. The summed E-state index contributed by atoms with van der Waals surface area (Å²) in [6.45, 7) is 5.87. The molecule has 2 N–H and O–H groups in total. The molecule has 0 saturated carbocycles. The van der Waals surface area contributed by atoms with Crippen LogP contribution in [-0.4, -0.2) is 18.2 Å². The van der Waals surface area contributed by atoms with Gasteiger partial charge in [-0.2, -0.15) is 0 Å². The van der Waals surface area contributed by atoms with Crippen molar-refractivity contribution in [3.05, 3.63) is 20.8 Å². The smallest absolute Gasteiger partial charge is 0.102 e. The molecule has 0 bridgehead atoms. The highest BCUT2D eigenvalue weighted by atomic mass is 79.9. The minimum atomic E-state index is -0.400. The van der Waals surface area contributed by atoms with E-state index in [1.165, 1.54) is 0 Å². The maximum absolute atomic E-state index is 9.82. The lowest BCUT2D eigenvalue weighted by Gasteiger charge is -2.12. The van der Waals surface area contributed by atoms with Crippen molar-refractivity contribution in [2.75, 3.05) is 13.1 Å². The first-order valence-corrected chi connectivity index (χ1v) is 6.40. The average Bonchev–Trinajstić information content (AvgIpc) is 2.50. The van der Waals surface area contributed by atoms with Crippen LogP contribution in [-0.2, 0) is 0 Å². The minimum absolute atomic E-state index is 0.400. The Kier molecular flexibility index (Phi) is 5.09. The first-order valence-electron chi connectivity index (χ1n) is 4.73. The SMILES string of the molecule is CC(C)CNCC(O)c1sccc1Br. The maximum atomic E-state index is 9.82. The van der Waals surface area contributed by atoms with Crippen LogP contribution < -0.4 is 5.32 Å². The number of rotatable bonds is 5. The Hall–Kier alpha value is 0.100. The molecule has 1 rings (SSSR count). The Morgan fingerprint density at radius 2 is 2.21 bits per heavy atom. The third-order valence-corrected chi connectivity index (χ3v) is 3.81. The zero-order valence-electron chi connectivity index (χ0n) is 8.46. The van der Waals surface area contributed by atoms with Gasteiger partial charge in [0.05, 0.1) is 0 Å². The molecule has 14 heavy (non-hydrogen) atoms. The lowest BCUT2D eigenvalue weighted by Crippen LogP contribution is -2.25.